The number of hydrogen-bond acceptors (Lipinski definition) is 11. The number of azo groups is 1. The fraction of sp³-hybridized carbons (Fsp3) is 0. The number of nitrogens with two attached hydrogens (primary N) is 1. The van der Waals surface area contributed by atoms with Gasteiger partial charge in [-0.25, -0.2) is 16.8 Å². The zero-order valence-corrected chi connectivity index (χ0v) is 22.9. The van der Waals surface area contributed by atoms with Gasteiger partial charge in [-0.2, -0.15) is 0 Å². The molecule has 0 saturated carbocycles. The molecule has 0 bridgehead atoms. The van der Waals surface area contributed by atoms with Crippen LogP contribution in [0.5, 0.6) is 11.5 Å². The van der Waals surface area contributed by atoms with Crippen molar-refractivity contribution >= 4 is 59.7 Å². The van der Waals surface area contributed by atoms with Crippen molar-refractivity contribution in [2.24, 2.45) is 10.2 Å². The smallest absolute Gasteiger partial charge is 0.744 e. The summed E-state index contributed by atoms with van der Waals surface area (Å²) in [5, 5.41) is 27.0. The Morgan fingerprint density at radius 1 is 0.906 bits per heavy atom. The van der Waals surface area contributed by atoms with E-state index in [1.807, 2.05) is 0 Å². The van der Waals surface area contributed by atoms with Crippen LogP contribution in [0, 0.1) is 0 Å². The monoisotopic (exact) mass is 517 g/mol. The molecular formula is C16H10ClN3Na2O8S2. The van der Waals surface area contributed by atoms with Crippen molar-refractivity contribution in [1.29, 1.82) is 0 Å². The number of anilines is 1. The third kappa shape index (κ3) is 6.12. The molecule has 0 aliphatic rings. The van der Waals surface area contributed by atoms with Gasteiger partial charge in [0.05, 0.1) is 9.79 Å². The molecule has 32 heavy (non-hydrogen) atoms. The molecule has 0 amide bonds. The average molecular weight is 518 g/mol. The summed E-state index contributed by atoms with van der Waals surface area (Å²) in [4.78, 5) is -1.85. The van der Waals surface area contributed by atoms with Gasteiger partial charge in [0.2, 0.25) is 0 Å². The molecule has 3 rings (SSSR count). The Bertz CT molecular complexity index is 1450. The van der Waals surface area contributed by atoms with Crippen molar-refractivity contribution < 1.29 is 95.3 Å². The molecule has 3 aromatic rings. The maximum absolute atomic E-state index is 11.7. The van der Waals surface area contributed by atoms with Crippen molar-refractivity contribution in [2.75, 3.05) is 5.73 Å². The molecule has 0 unspecified atom stereocenters. The van der Waals surface area contributed by atoms with Crippen LogP contribution in [-0.2, 0) is 20.2 Å². The molecule has 0 atom stereocenters. The first kappa shape index (κ1) is 29.1. The standard InChI is InChI=1S/C16H12ClN3O8S2.2Na/c17-8-1-2-12(21)11(5-8)19-20-15-13(30(26,27)28)4-7-3-9(29(23,24)25)6-10(18)14(7)16(15)22;;/h1-6,21-22H,18H2,(H,23,24,25)(H,26,27,28);;/q;2*+1/p-2. The first-order chi connectivity index (χ1) is 13.8. The van der Waals surface area contributed by atoms with Crippen molar-refractivity contribution in [3.05, 3.63) is 41.4 Å². The van der Waals surface area contributed by atoms with Crippen molar-refractivity contribution in [1.82, 2.24) is 0 Å². The molecule has 3 aromatic carbocycles. The molecule has 0 fully saturated rings. The second-order valence-corrected chi connectivity index (χ2v) is 9.09. The molecule has 0 heterocycles. The Labute approximate surface area is 231 Å². The fourth-order valence-corrected chi connectivity index (χ4v) is 3.96. The average Bonchev–Trinajstić information content (AvgIpc) is 2.61. The summed E-state index contributed by atoms with van der Waals surface area (Å²) in [6.45, 7) is 0. The maximum Gasteiger partial charge on any atom is 1.00 e. The quantitative estimate of drug-likeness (QED) is 0.137. The topological polar surface area (TPSA) is 206 Å². The minimum Gasteiger partial charge on any atom is -0.744 e. The van der Waals surface area contributed by atoms with Gasteiger partial charge in [0.25, 0.3) is 0 Å². The zero-order valence-electron chi connectivity index (χ0n) is 16.5. The number of halogens is 1. The van der Waals surface area contributed by atoms with Crippen molar-refractivity contribution in [3.63, 3.8) is 0 Å². The van der Waals surface area contributed by atoms with E-state index in [0.717, 1.165) is 12.1 Å². The van der Waals surface area contributed by atoms with Crippen LogP contribution < -0.4 is 64.8 Å². The van der Waals surface area contributed by atoms with Crippen molar-refractivity contribution in [2.45, 2.75) is 9.79 Å². The Hall–Kier alpha value is -0.970. The molecule has 0 spiro atoms. The molecule has 158 valence electrons. The molecule has 0 aromatic heterocycles. The zero-order chi connectivity index (χ0) is 22.4. The molecule has 0 aliphatic carbocycles. The Kier molecular flexibility index (Phi) is 9.56. The van der Waals surface area contributed by atoms with E-state index in [4.69, 9.17) is 17.3 Å². The maximum atomic E-state index is 11.7. The number of nitrogen functional groups attached to an aromatic ring is 1. The van der Waals surface area contributed by atoms with Crippen molar-refractivity contribution in [3.8, 4) is 11.5 Å². The SMILES string of the molecule is Nc1cc(S(=O)(=O)[O-])cc2cc(S(=O)(=O)[O-])c(N=Nc3cc(Cl)ccc3O)c(O)c12.[Na+].[Na+]. The Balaban J connectivity index is 0.00000256. The normalized spacial score (nSPS) is 11.8. The third-order valence-electron chi connectivity index (χ3n) is 3.91. The van der Waals surface area contributed by atoms with Gasteiger partial charge >= 0.3 is 59.1 Å². The van der Waals surface area contributed by atoms with Crippen LogP contribution in [0.4, 0.5) is 17.1 Å². The molecule has 0 saturated heterocycles. The summed E-state index contributed by atoms with van der Waals surface area (Å²) in [7, 11) is -10.2. The number of aromatic hydroxyl groups is 2. The van der Waals surface area contributed by atoms with Crippen LogP contribution in [0.25, 0.3) is 10.8 Å². The number of fused-ring (bicyclic) bond motifs is 1. The number of nitrogens with zero attached hydrogens (tertiary/aromatic N) is 2. The first-order valence-corrected chi connectivity index (χ1v) is 10.9. The van der Waals surface area contributed by atoms with Crippen LogP contribution in [0.2, 0.25) is 5.02 Å². The van der Waals surface area contributed by atoms with Crippen LogP contribution in [0.1, 0.15) is 0 Å². The number of phenols is 2. The van der Waals surface area contributed by atoms with E-state index in [0.29, 0.717) is 6.07 Å². The van der Waals surface area contributed by atoms with E-state index in [1.165, 1.54) is 18.2 Å². The fourth-order valence-electron chi connectivity index (χ4n) is 2.60. The predicted molar refractivity (Wildman–Crippen MR) is 103 cm³/mol. The number of rotatable bonds is 4. The summed E-state index contributed by atoms with van der Waals surface area (Å²) >= 11 is 5.79. The van der Waals surface area contributed by atoms with Gasteiger partial charge in [-0.05, 0) is 41.8 Å². The van der Waals surface area contributed by atoms with Gasteiger partial charge < -0.3 is 25.1 Å². The van der Waals surface area contributed by atoms with Crippen LogP contribution in [0.3, 0.4) is 0 Å². The van der Waals surface area contributed by atoms with Gasteiger partial charge in [0, 0.05) is 16.1 Å². The number of benzene rings is 3. The van der Waals surface area contributed by atoms with Crippen LogP contribution in [-0.4, -0.2) is 36.2 Å². The molecule has 11 nitrogen and oxygen atoms in total. The van der Waals surface area contributed by atoms with Crippen LogP contribution >= 0.6 is 11.6 Å². The van der Waals surface area contributed by atoms with E-state index in [9.17, 15) is 36.2 Å². The van der Waals surface area contributed by atoms with E-state index >= 15 is 0 Å². The molecular weight excluding hydrogens is 508 g/mol. The van der Waals surface area contributed by atoms with Gasteiger partial charge in [0.1, 0.15) is 37.4 Å². The molecule has 4 N–H and O–H groups in total. The van der Waals surface area contributed by atoms with Gasteiger partial charge in [-0.1, -0.05) is 11.6 Å². The summed E-state index contributed by atoms with van der Waals surface area (Å²) in [5.41, 5.74) is 4.32. The van der Waals surface area contributed by atoms with Crippen LogP contribution in [0.15, 0.2) is 56.4 Å². The first-order valence-electron chi connectivity index (χ1n) is 7.70. The second kappa shape index (κ2) is 10.5. The summed E-state index contributed by atoms with van der Waals surface area (Å²) in [6.07, 6.45) is 0. The Morgan fingerprint density at radius 2 is 1.53 bits per heavy atom. The van der Waals surface area contributed by atoms with E-state index < -0.39 is 47.2 Å². The number of hydrogen-bond donors (Lipinski definition) is 3. The predicted octanol–water partition coefficient (Wildman–Crippen LogP) is -3.28. The Morgan fingerprint density at radius 3 is 2.09 bits per heavy atom. The molecule has 16 heteroatoms. The van der Waals surface area contributed by atoms with Gasteiger partial charge in [0.15, 0.2) is 5.75 Å². The minimum absolute atomic E-state index is 0. The van der Waals surface area contributed by atoms with Gasteiger partial charge in [-0.3, -0.25) is 0 Å². The second-order valence-electron chi connectivity index (χ2n) is 5.92. The summed E-state index contributed by atoms with van der Waals surface area (Å²) < 4.78 is 68.9. The van der Waals surface area contributed by atoms with E-state index in [1.54, 1.807) is 0 Å². The van der Waals surface area contributed by atoms with E-state index in [-0.39, 0.29) is 86.3 Å². The van der Waals surface area contributed by atoms with E-state index in [2.05, 4.69) is 10.2 Å². The number of phenolic OH excluding ortho intramolecular Hbond substituents is 2. The summed E-state index contributed by atoms with van der Waals surface area (Å²) in [5.74, 6) is -1.28. The largest absolute Gasteiger partial charge is 1.00 e. The summed E-state index contributed by atoms with van der Waals surface area (Å²) in [6, 6.07) is 5.94. The van der Waals surface area contributed by atoms with Gasteiger partial charge in [-0.15, -0.1) is 10.2 Å². The molecule has 0 aliphatic heterocycles. The third-order valence-corrected chi connectivity index (χ3v) is 5.81. The molecule has 0 radical (unpaired) electrons. The minimum atomic E-state index is -5.25.